The van der Waals surface area contributed by atoms with Crippen LogP contribution in [-0.4, -0.2) is 26.1 Å². The number of hydrogen-bond acceptors (Lipinski definition) is 5. The number of tetrazole rings is 1. The highest BCUT2D eigenvalue weighted by Gasteiger charge is 2.22. The van der Waals surface area contributed by atoms with E-state index in [1.54, 1.807) is 0 Å². The van der Waals surface area contributed by atoms with Gasteiger partial charge in [0.25, 0.3) is 0 Å². The zero-order valence-corrected chi connectivity index (χ0v) is 15.6. The number of carbonyl (C=O) groups excluding carboxylic acids is 1. The number of rotatable bonds is 7. The van der Waals surface area contributed by atoms with Crippen LogP contribution >= 0.6 is 0 Å². The molecule has 2 N–H and O–H groups in total. The number of nitrogens with zero attached hydrogens (tertiary/aromatic N) is 4. The third kappa shape index (κ3) is 4.84. The summed E-state index contributed by atoms with van der Waals surface area (Å²) in [6.45, 7) is 0. The molecule has 1 amide bonds. The van der Waals surface area contributed by atoms with Gasteiger partial charge in [0.15, 0.2) is 0 Å². The summed E-state index contributed by atoms with van der Waals surface area (Å²) < 4.78 is 1.48. The lowest BCUT2D eigenvalue weighted by Crippen LogP contribution is -2.28. The maximum Gasteiger partial charge on any atom is 0.249 e. The zero-order chi connectivity index (χ0) is 19.9. The van der Waals surface area contributed by atoms with Crippen LogP contribution in [0.25, 0.3) is 0 Å². The first-order valence-electron chi connectivity index (χ1n) is 9.27. The Hall–Kier alpha value is -4.00. The van der Waals surface area contributed by atoms with Gasteiger partial charge in [0, 0.05) is 23.5 Å². The van der Waals surface area contributed by atoms with E-state index in [0.717, 1.165) is 16.9 Å². The SMILES string of the molecule is O=C(Nc1ccc(Nc2ccccc2)cc1)C(Cc1ccccc1)n1cnnn1. The Balaban J connectivity index is 1.46. The predicted octanol–water partition coefficient (Wildman–Crippen LogP) is 3.84. The molecule has 1 heterocycles. The Morgan fingerprint density at radius 1 is 0.828 bits per heavy atom. The number of hydrogen-bond donors (Lipinski definition) is 2. The zero-order valence-electron chi connectivity index (χ0n) is 15.6. The topological polar surface area (TPSA) is 84.7 Å². The van der Waals surface area contributed by atoms with E-state index < -0.39 is 6.04 Å². The Kier molecular flexibility index (Phi) is 5.57. The van der Waals surface area contributed by atoms with Gasteiger partial charge >= 0.3 is 0 Å². The average Bonchev–Trinajstić information content (AvgIpc) is 3.29. The van der Waals surface area contributed by atoms with E-state index in [4.69, 9.17) is 0 Å². The summed E-state index contributed by atoms with van der Waals surface area (Å²) in [5, 5.41) is 17.5. The van der Waals surface area contributed by atoms with Gasteiger partial charge < -0.3 is 10.6 Å². The minimum absolute atomic E-state index is 0.176. The van der Waals surface area contributed by atoms with E-state index in [0.29, 0.717) is 12.1 Å². The molecule has 0 aliphatic carbocycles. The third-order valence-electron chi connectivity index (χ3n) is 4.47. The van der Waals surface area contributed by atoms with Gasteiger partial charge in [-0.2, -0.15) is 0 Å². The summed E-state index contributed by atoms with van der Waals surface area (Å²) in [5.41, 5.74) is 3.69. The fourth-order valence-corrected chi connectivity index (χ4v) is 3.01. The largest absolute Gasteiger partial charge is 0.356 e. The molecule has 0 saturated heterocycles. The lowest BCUT2D eigenvalue weighted by molar-refractivity contribution is -0.119. The second kappa shape index (κ2) is 8.79. The highest BCUT2D eigenvalue weighted by atomic mass is 16.2. The third-order valence-corrected chi connectivity index (χ3v) is 4.47. The number of carbonyl (C=O) groups is 1. The number of aromatic nitrogens is 4. The first-order valence-corrected chi connectivity index (χ1v) is 9.27. The first-order chi connectivity index (χ1) is 14.3. The van der Waals surface area contributed by atoms with Crippen molar-refractivity contribution in [3.63, 3.8) is 0 Å². The molecule has 1 unspecified atom stereocenters. The molecule has 7 nitrogen and oxygen atoms in total. The van der Waals surface area contributed by atoms with Crippen molar-refractivity contribution in [2.45, 2.75) is 12.5 Å². The number of benzene rings is 3. The summed E-state index contributed by atoms with van der Waals surface area (Å²) in [6, 6.07) is 26.7. The van der Waals surface area contributed by atoms with E-state index in [-0.39, 0.29) is 5.91 Å². The van der Waals surface area contributed by atoms with Crippen LogP contribution in [-0.2, 0) is 11.2 Å². The molecule has 0 radical (unpaired) electrons. The maximum atomic E-state index is 12.9. The molecule has 4 rings (SSSR count). The van der Waals surface area contributed by atoms with Crippen LogP contribution in [0.5, 0.6) is 0 Å². The van der Waals surface area contributed by atoms with Gasteiger partial charge in [0.05, 0.1) is 0 Å². The normalized spacial score (nSPS) is 11.6. The van der Waals surface area contributed by atoms with Gasteiger partial charge in [-0.1, -0.05) is 48.5 Å². The fourth-order valence-electron chi connectivity index (χ4n) is 3.01. The van der Waals surface area contributed by atoms with Crippen LogP contribution in [0.15, 0.2) is 91.3 Å². The van der Waals surface area contributed by atoms with Gasteiger partial charge in [-0.05, 0) is 52.4 Å². The minimum atomic E-state index is -0.547. The van der Waals surface area contributed by atoms with Gasteiger partial charge in [0.2, 0.25) is 5.91 Å². The highest BCUT2D eigenvalue weighted by molar-refractivity contribution is 5.94. The summed E-state index contributed by atoms with van der Waals surface area (Å²) >= 11 is 0. The first kappa shape index (κ1) is 18.4. The molecular formula is C22H20N6O. The molecule has 7 heteroatoms. The number of para-hydroxylation sites is 1. The summed E-state index contributed by atoms with van der Waals surface area (Å²) in [6.07, 6.45) is 1.95. The highest BCUT2D eigenvalue weighted by Crippen LogP contribution is 2.20. The molecule has 1 atom stereocenters. The molecule has 0 bridgehead atoms. The molecule has 0 saturated carbocycles. The van der Waals surface area contributed by atoms with Crippen molar-refractivity contribution in [3.05, 3.63) is 96.8 Å². The second-order valence-electron chi connectivity index (χ2n) is 6.55. The van der Waals surface area contributed by atoms with Crippen LogP contribution in [0.1, 0.15) is 11.6 Å². The second-order valence-corrected chi connectivity index (χ2v) is 6.55. The molecule has 0 spiro atoms. The average molecular weight is 384 g/mol. The molecule has 144 valence electrons. The monoisotopic (exact) mass is 384 g/mol. The van der Waals surface area contributed by atoms with Crippen molar-refractivity contribution in [3.8, 4) is 0 Å². The standard InChI is InChI=1S/C22H20N6O/c29-22(21(28-16-23-26-27-28)15-17-7-3-1-4-8-17)25-20-13-11-19(12-14-20)24-18-9-5-2-6-10-18/h1-14,16,21,24H,15H2,(H,25,29). The number of amides is 1. The van der Waals surface area contributed by atoms with E-state index in [1.165, 1.54) is 11.0 Å². The molecule has 0 aliphatic rings. The van der Waals surface area contributed by atoms with Crippen molar-refractivity contribution in [2.75, 3.05) is 10.6 Å². The number of nitrogens with one attached hydrogen (secondary N) is 2. The fraction of sp³-hybridized carbons (Fsp3) is 0.0909. The predicted molar refractivity (Wildman–Crippen MR) is 112 cm³/mol. The smallest absolute Gasteiger partial charge is 0.249 e. The molecule has 29 heavy (non-hydrogen) atoms. The van der Waals surface area contributed by atoms with Crippen molar-refractivity contribution >= 4 is 23.0 Å². The Bertz CT molecular complexity index is 1030. The van der Waals surface area contributed by atoms with Crippen molar-refractivity contribution in [2.24, 2.45) is 0 Å². The van der Waals surface area contributed by atoms with Crippen molar-refractivity contribution in [1.29, 1.82) is 0 Å². The Morgan fingerprint density at radius 2 is 1.45 bits per heavy atom. The molecule has 1 aromatic heterocycles. The number of anilines is 3. The Morgan fingerprint density at radius 3 is 2.10 bits per heavy atom. The quantitative estimate of drug-likeness (QED) is 0.506. The maximum absolute atomic E-state index is 12.9. The molecule has 0 fully saturated rings. The van der Waals surface area contributed by atoms with Crippen LogP contribution in [0.4, 0.5) is 17.1 Å². The molecule has 3 aromatic carbocycles. The summed E-state index contributed by atoms with van der Waals surface area (Å²) in [4.78, 5) is 12.9. The molecular weight excluding hydrogens is 364 g/mol. The Labute approximate surface area is 168 Å². The lowest BCUT2D eigenvalue weighted by Gasteiger charge is -2.16. The molecule has 0 aliphatic heterocycles. The van der Waals surface area contributed by atoms with Crippen LogP contribution in [0.2, 0.25) is 0 Å². The van der Waals surface area contributed by atoms with Gasteiger partial charge in [0.1, 0.15) is 12.4 Å². The van der Waals surface area contributed by atoms with Gasteiger partial charge in [-0.15, -0.1) is 5.10 Å². The van der Waals surface area contributed by atoms with E-state index >= 15 is 0 Å². The minimum Gasteiger partial charge on any atom is -0.356 e. The van der Waals surface area contributed by atoms with Crippen LogP contribution in [0.3, 0.4) is 0 Å². The van der Waals surface area contributed by atoms with E-state index in [9.17, 15) is 4.79 Å². The van der Waals surface area contributed by atoms with Gasteiger partial charge in [-0.3, -0.25) is 4.79 Å². The van der Waals surface area contributed by atoms with Crippen molar-refractivity contribution in [1.82, 2.24) is 20.2 Å². The van der Waals surface area contributed by atoms with E-state index in [2.05, 4.69) is 26.2 Å². The lowest BCUT2D eigenvalue weighted by atomic mass is 10.1. The van der Waals surface area contributed by atoms with E-state index in [1.807, 2.05) is 84.9 Å². The van der Waals surface area contributed by atoms with Crippen LogP contribution < -0.4 is 10.6 Å². The van der Waals surface area contributed by atoms with Gasteiger partial charge in [-0.25, -0.2) is 4.68 Å². The van der Waals surface area contributed by atoms with Crippen molar-refractivity contribution < 1.29 is 4.79 Å². The summed E-state index contributed by atoms with van der Waals surface area (Å²) in [5.74, 6) is -0.176. The molecule has 4 aromatic rings. The summed E-state index contributed by atoms with van der Waals surface area (Å²) in [7, 11) is 0. The van der Waals surface area contributed by atoms with Crippen LogP contribution in [0, 0.1) is 0 Å².